The maximum absolute atomic E-state index is 15.6. The number of hydrogen-bond donors (Lipinski definition) is 1. The topological polar surface area (TPSA) is 55.8 Å². The van der Waals surface area contributed by atoms with Crippen LogP contribution in [-0.4, -0.2) is 58.4 Å². The highest BCUT2D eigenvalue weighted by atomic mass is 19.4. The molecule has 204 valence electrons. The van der Waals surface area contributed by atoms with Crippen LogP contribution in [0.2, 0.25) is 0 Å². The van der Waals surface area contributed by atoms with E-state index < -0.39 is 90.5 Å². The van der Waals surface area contributed by atoms with Gasteiger partial charge in [-0.2, -0.15) is 57.1 Å². The van der Waals surface area contributed by atoms with Crippen molar-refractivity contribution in [1.29, 1.82) is 0 Å². The number of ether oxygens (including phenoxy) is 2. The maximum Gasteiger partial charge on any atom is 0.449 e. The molecule has 0 aromatic carbocycles. The summed E-state index contributed by atoms with van der Waals surface area (Å²) < 4.78 is 193. The number of esters is 1. The molecule has 1 N–H and O–H groups in total. The van der Waals surface area contributed by atoms with Crippen molar-refractivity contribution in [1.82, 2.24) is 0 Å². The fourth-order valence-electron chi connectivity index (χ4n) is 4.38. The minimum Gasteiger partial charge on any atom is -0.433 e. The summed E-state index contributed by atoms with van der Waals surface area (Å²) in [5.74, 6) is -27.3. The van der Waals surface area contributed by atoms with Crippen LogP contribution in [0.5, 0.6) is 0 Å². The first kappa shape index (κ1) is 29.5. The molecule has 1 aliphatic heterocycles. The highest BCUT2D eigenvalue weighted by molar-refractivity contribution is 5.87. The van der Waals surface area contributed by atoms with E-state index in [4.69, 9.17) is 0 Å². The summed E-state index contributed by atoms with van der Waals surface area (Å²) in [6.45, 7) is 3.02. The number of carbonyl (C=O) groups is 1. The van der Waals surface area contributed by atoms with Gasteiger partial charge in [0.1, 0.15) is 0 Å². The Kier molecular flexibility index (Phi) is 6.83. The van der Waals surface area contributed by atoms with Crippen LogP contribution in [0, 0.1) is 5.92 Å². The third-order valence-electron chi connectivity index (χ3n) is 6.06. The molecular formula is C18H17F13O4. The second kappa shape index (κ2) is 8.11. The lowest BCUT2D eigenvalue weighted by Crippen LogP contribution is -2.92. The van der Waals surface area contributed by atoms with Crippen molar-refractivity contribution >= 4 is 5.97 Å². The fraction of sp³-hybridized carbons (Fsp3) is 0.833. The van der Waals surface area contributed by atoms with E-state index in [9.17, 15) is 49.4 Å². The first-order valence-electron chi connectivity index (χ1n) is 9.66. The highest BCUT2D eigenvalue weighted by Crippen LogP contribution is 2.72. The number of carbonyl (C=O) groups excluding carboxylic acids is 1. The molecule has 2 rings (SSSR count). The Morgan fingerprint density at radius 2 is 1.31 bits per heavy atom. The monoisotopic (exact) mass is 544 g/mol. The molecule has 3 unspecified atom stereocenters. The van der Waals surface area contributed by atoms with Crippen LogP contribution in [0.3, 0.4) is 0 Å². The van der Waals surface area contributed by atoms with Gasteiger partial charge >= 0.3 is 47.7 Å². The third kappa shape index (κ3) is 3.62. The van der Waals surface area contributed by atoms with Gasteiger partial charge in [0, 0.05) is 11.5 Å². The highest BCUT2D eigenvalue weighted by Gasteiger charge is 3.03. The molecule has 1 aliphatic carbocycles. The first-order chi connectivity index (χ1) is 15.4. The Hall–Kier alpha value is -1.78. The average molecular weight is 544 g/mol. The zero-order chi connectivity index (χ0) is 27.7. The van der Waals surface area contributed by atoms with E-state index in [-0.39, 0.29) is 6.42 Å². The van der Waals surface area contributed by atoms with Gasteiger partial charge in [0.25, 0.3) is 0 Å². The Balaban J connectivity index is 3.18. The third-order valence-corrected chi connectivity index (χ3v) is 6.06. The average Bonchev–Trinajstić information content (AvgIpc) is 2.65. The minimum absolute atomic E-state index is 0.0186. The lowest BCUT2D eigenvalue weighted by atomic mass is 9.63. The summed E-state index contributed by atoms with van der Waals surface area (Å²) >= 11 is 0. The molecule has 2 fully saturated rings. The summed E-state index contributed by atoms with van der Waals surface area (Å²) in [6.07, 6.45) is -24.8. The molecule has 17 heteroatoms. The molecule has 1 saturated heterocycles. The van der Waals surface area contributed by atoms with Crippen LogP contribution in [-0.2, 0) is 14.3 Å². The first-order valence-corrected chi connectivity index (χ1v) is 9.66. The van der Waals surface area contributed by atoms with E-state index in [0.29, 0.717) is 6.92 Å². The van der Waals surface area contributed by atoms with Crippen LogP contribution < -0.4 is 0 Å². The number of alkyl halides is 13. The van der Waals surface area contributed by atoms with Crippen molar-refractivity contribution in [2.75, 3.05) is 0 Å². The Labute approximate surface area is 188 Å². The van der Waals surface area contributed by atoms with E-state index in [1.54, 1.807) is 0 Å². The van der Waals surface area contributed by atoms with Gasteiger partial charge in [-0.1, -0.05) is 25.8 Å². The Bertz CT molecular complexity index is 856. The number of halogens is 13. The smallest absolute Gasteiger partial charge is 0.433 e. The largest absolute Gasteiger partial charge is 0.449 e. The zero-order valence-electron chi connectivity index (χ0n) is 17.4. The van der Waals surface area contributed by atoms with Gasteiger partial charge in [-0.15, -0.1) is 0 Å². The predicted octanol–water partition coefficient (Wildman–Crippen LogP) is 5.84. The molecule has 0 bridgehead atoms. The fourth-order valence-corrected chi connectivity index (χ4v) is 4.38. The Morgan fingerprint density at radius 1 is 0.857 bits per heavy atom. The van der Waals surface area contributed by atoms with Gasteiger partial charge < -0.3 is 14.6 Å². The number of aliphatic hydroxyl groups is 1. The molecule has 1 saturated carbocycles. The quantitative estimate of drug-likeness (QED) is 0.276. The lowest BCUT2D eigenvalue weighted by molar-refractivity contribution is -0.584. The van der Waals surface area contributed by atoms with Crippen LogP contribution in [0.1, 0.15) is 39.0 Å². The molecule has 0 radical (unpaired) electrons. The molecule has 3 atom stereocenters. The van der Waals surface area contributed by atoms with E-state index in [1.165, 1.54) is 0 Å². The summed E-state index contributed by atoms with van der Waals surface area (Å²) in [7, 11) is 0. The molecule has 1 heterocycles. The van der Waals surface area contributed by atoms with Gasteiger partial charge in [-0.3, -0.25) is 0 Å². The molecule has 35 heavy (non-hydrogen) atoms. The van der Waals surface area contributed by atoms with Crippen molar-refractivity contribution in [3.05, 3.63) is 12.2 Å². The summed E-state index contributed by atoms with van der Waals surface area (Å²) in [4.78, 5) is 11.8. The minimum atomic E-state index is -7.53. The van der Waals surface area contributed by atoms with Gasteiger partial charge in [0.2, 0.25) is 5.60 Å². The molecule has 4 nitrogen and oxygen atoms in total. The van der Waals surface area contributed by atoms with Crippen molar-refractivity contribution in [3.8, 4) is 0 Å². The summed E-state index contributed by atoms with van der Waals surface area (Å²) in [5, 5.41) is 9.70. The van der Waals surface area contributed by atoms with Crippen LogP contribution in [0.25, 0.3) is 0 Å². The van der Waals surface area contributed by atoms with Crippen molar-refractivity contribution in [2.45, 2.75) is 86.4 Å². The van der Waals surface area contributed by atoms with E-state index >= 15 is 17.6 Å². The van der Waals surface area contributed by atoms with E-state index in [2.05, 4.69) is 16.1 Å². The van der Waals surface area contributed by atoms with Crippen molar-refractivity contribution in [3.63, 3.8) is 0 Å². The van der Waals surface area contributed by atoms with Crippen molar-refractivity contribution < 1.29 is 76.5 Å². The van der Waals surface area contributed by atoms with E-state index in [0.717, 1.165) is 0 Å². The van der Waals surface area contributed by atoms with Gasteiger partial charge in [-0.25, -0.2) is 4.79 Å². The number of hydrogen-bond acceptors (Lipinski definition) is 4. The van der Waals surface area contributed by atoms with E-state index in [1.807, 2.05) is 0 Å². The molecule has 0 spiro atoms. The van der Waals surface area contributed by atoms with Crippen LogP contribution >= 0.6 is 0 Å². The van der Waals surface area contributed by atoms with Crippen molar-refractivity contribution in [2.24, 2.45) is 5.92 Å². The summed E-state index contributed by atoms with van der Waals surface area (Å²) in [5.41, 5.74) is -14.6. The van der Waals surface area contributed by atoms with Crippen LogP contribution in [0.4, 0.5) is 57.1 Å². The molecule has 0 aromatic rings. The normalized spacial score (nSPS) is 34.4. The molecule has 0 amide bonds. The second-order valence-corrected chi connectivity index (χ2v) is 8.31. The van der Waals surface area contributed by atoms with Crippen LogP contribution in [0.15, 0.2) is 12.2 Å². The maximum atomic E-state index is 15.6. The lowest BCUT2D eigenvalue weighted by Gasteiger charge is -2.62. The molecule has 0 aromatic heterocycles. The Morgan fingerprint density at radius 3 is 1.66 bits per heavy atom. The second-order valence-electron chi connectivity index (χ2n) is 8.31. The van der Waals surface area contributed by atoms with Gasteiger partial charge in [0.05, 0.1) is 0 Å². The standard InChI is InChI=1S/C18H17F13O4/c1-8(2)10(32)34-12(17(26,27)28)13(19,20)11(16(23,24)25,9-6-4-3-5-7-9)35-15(33,14(12,21)22)18(29,30)31/h9,33H,1,3-7H2,2H3. The molecule has 2 aliphatic rings. The SMILES string of the molecule is C=C(C)C(=O)OC1(C(F)(F)F)C(F)(F)C(O)(C(F)(F)F)OC(C2CCCCC2)(C(F)(F)F)C1(F)F. The molecular weight excluding hydrogens is 527 g/mol. The number of rotatable bonds is 3. The van der Waals surface area contributed by atoms with Gasteiger partial charge in [0.15, 0.2) is 0 Å². The predicted molar refractivity (Wildman–Crippen MR) is 87.0 cm³/mol. The summed E-state index contributed by atoms with van der Waals surface area (Å²) in [6, 6.07) is 0. The van der Waals surface area contributed by atoms with Gasteiger partial charge in [-0.05, 0) is 19.8 Å². The zero-order valence-corrected chi connectivity index (χ0v) is 17.4.